The molecule has 0 saturated heterocycles. The van der Waals surface area contributed by atoms with Gasteiger partial charge in [-0.25, -0.2) is 8.42 Å². The van der Waals surface area contributed by atoms with Crippen molar-refractivity contribution in [3.63, 3.8) is 0 Å². The molecule has 2 unspecified atom stereocenters. The molecule has 70 valence electrons. The first-order valence-corrected chi connectivity index (χ1v) is 6.49. The lowest BCUT2D eigenvalue weighted by molar-refractivity contribution is 0.536. The lowest BCUT2D eigenvalue weighted by Gasteiger charge is -2.13. The minimum atomic E-state index is -3.00. The summed E-state index contributed by atoms with van der Waals surface area (Å²) in [5.41, 5.74) is 0. The van der Waals surface area contributed by atoms with E-state index in [4.69, 9.17) is 0 Å². The van der Waals surface area contributed by atoms with Crippen LogP contribution < -0.4 is 0 Å². The van der Waals surface area contributed by atoms with E-state index in [0.29, 0.717) is 10.2 Å². The Kier molecular flexibility index (Phi) is 2.99. The average molecular weight is 253 g/mol. The minimum absolute atomic E-state index is 0.197. The molecule has 1 heterocycles. The zero-order chi connectivity index (χ0) is 9.35. The van der Waals surface area contributed by atoms with Crippen molar-refractivity contribution in [3.8, 4) is 0 Å². The number of allylic oxidation sites excluding steroid dienone is 1. The molecule has 0 saturated carbocycles. The number of rotatable bonds is 2. The third-order valence-corrected chi connectivity index (χ3v) is 6.14. The summed E-state index contributed by atoms with van der Waals surface area (Å²) in [7, 11) is -3.00. The van der Waals surface area contributed by atoms with Crippen LogP contribution in [0.3, 0.4) is 0 Å². The van der Waals surface area contributed by atoms with E-state index in [2.05, 4.69) is 15.9 Å². The normalized spacial score (nSPS) is 33.4. The Hall–Kier alpha value is 0.170. The van der Waals surface area contributed by atoms with Crippen molar-refractivity contribution in [3.05, 3.63) is 9.89 Å². The molecule has 1 rings (SSSR count). The standard InChI is InChI=1S/C8H13BrO2S/c1-3-6-5-8(9)12(10,11)7(6)4-2/h5-7H,3-4H2,1-2H3. The molecule has 12 heavy (non-hydrogen) atoms. The summed E-state index contributed by atoms with van der Waals surface area (Å²) in [5, 5.41) is -0.197. The highest BCUT2D eigenvalue weighted by molar-refractivity contribution is 9.13. The Balaban J connectivity index is 3.03. The largest absolute Gasteiger partial charge is 0.223 e. The summed E-state index contributed by atoms with van der Waals surface area (Å²) in [6.45, 7) is 3.94. The molecule has 1 aliphatic heterocycles. The Bertz CT molecular complexity index is 292. The predicted molar refractivity (Wildman–Crippen MR) is 53.8 cm³/mol. The van der Waals surface area contributed by atoms with E-state index < -0.39 is 9.84 Å². The summed E-state index contributed by atoms with van der Waals surface area (Å²) in [4.78, 5) is 0. The van der Waals surface area contributed by atoms with E-state index >= 15 is 0 Å². The first-order chi connectivity index (χ1) is 5.54. The first kappa shape index (κ1) is 10.3. The molecule has 0 spiro atoms. The number of halogens is 1. The first-order valence-electron chi connectivity index (χ1n) is 4.15. The van der Waals surface area contributed by atoms with E-state index in [1.165, 1.54) is 0 Å². The minimum Gasteiger partial charge on any atom is -0.223 e. The number of hydrogen-bond acceptors (Lipinski definition) is 2. The fourth-order valence-corrected chi connectivity index (χ4v) is 4.53. The Morgan fingerprint density at radius 1 is 1.42 bits per heavy atom. The van der Waals surface area contributed by atoms with E-state index in [1.54, 1.807) is 0 Å². The van der Waals surface area contributed by atoms with Gasteiger partial charge < -0.3 is 0 Å². The van der Waals surface area contributed by atoms with Gasteiger partial charge in [0.25, 0.3) is 0 Å². The van der Waals surface area contributed by atoms with Gasteiger partial charge in [-0.05, 0) is 34.7 Å². The van der Waals surface area contributed by atoms with Gasteiger partial charge in [0.2, 0.25) is 0 Å². The second-order valence-corrected chi connectivity index (χ2v) is 6.55. The monoisotopic (exact) mass is 252 g/mol. The highest BCUT2D eigenvalue weighted by Crippen LogP contribution is 2.37. The molecule has 2 atom stereocenters. The fraction of sp³-hybridized carbons (Fsp3) is 0.750. The molecule has 0 fully saturated rings. The second-order valence-electron chi connectivity index (χ2n) is 3.03. The number of sulfone groups is 1. The SMILES string of the molecule is CCC1C=C(Br)S(=O)(=O)C1CC. The lowest BCUT2D eigenvalue weighted by Crippen LogP contribution is -2.21. The van der Waals surface area contributed by atoms with E-state index in [-0.39, 0.29) is 11.2 Å². The molecule has 0 N–H and O–H groups in total. The van der Waals surface area contributed by atoms with Crippen LogP contribution in [0.15, 0.2) is 9.89 Å². The van der Waals surface area contributed by atoms with Crippen LogP contribution in [-0.2, 0) is 9.84 Å². The molecule has 4 heteroatoms. The molecule has 1 aliphatic rings. The van der Waals surface area contributed by atoms with Gasteiger partial charge in [-0.1, -0.05) is 19.9 Å². The molecule has 0 radical (unpaired) electrons. The summed E-state index contributed by atoms with van der Waals surface area (Å²) in [6.07, 6.45) is 3.42. The Labute approximate surface area is 82.1 Å². The quantitative estimate of drug-likeness (QED) is 0.757. The Morgan fingerprint density at radius 3 is 2.33 bits per heavy atom. The molecule has 0 aromatic carbocycles. The van der Waals surface area contributed by atoms with Crippen molar-refractivity contribution in [1.82, 2.24) is 0 Å². The Morgan fingerprint density at radius 2 is 2.00 bits per heavy atom. The zero-order valence-electron chi connectivity index (χ0n) is 7.25. The van der Waals surface area contributed by atoms with E-state index in [1.807, 2.05) is 19.9 Å². The van der Waals surface area contributed by atoms with Crippen LogP contribution in [0.25, 0.3) is 0 Å². The average Bonchev–Trinajstić information content (AvgIpc) is 2.23. The van der Waals surface area contributed by atoms with Crippen LogP contribution in [0.2, 0.25) is 0 Å². The summed E-state index contributed by atoms with van der Waals surface area (Å²) in [5.74, 6) is 0.203. The van der Waals surface area contributed by atoms with Gasteiger partial charge in [-0.2, -0.15) is 0 Å². The van der Waals surface area contributed by atoms with E-state index in [9.17, 15) is 8.42 Å². The molecule has 0 aromatic rings. The third-order valence-electron chi connectivity index (χ3n) is 2.37. The third kappa shape index (κ3) is 1.46. The van der Waals surface area contributed by atoms with Crippen LogP contribution in [0.4, 0.5) is 0 Å². The molecule has 0 aliphatic carbocycles. The van der Waals surface area contributed by atoms with Gasteiger partial charge in [-0.15, -0.1) is 0 Å². The maximum absolute atomic E-state index is 11.6. The maximum Gasteiger partial charge on any atom is 0.188 e. The highest BCUT2D eigenvalue weighted by Gasteiger charge is 2.38. The summed E-state index contributed by atoms with van der Waals surface area (Å²) >= 11 is 3.10. The molecule has 0 bridgehead atoms. The van der Waals surface area contributed by atoms with E-state index in [0.717, 1.165) is 6.42 Å². The van der Waals surface area contributed by atoms with Crippen LogP contribution >= 0.6 is 15.9 Å². The van der Waals surface area contributed by atoms with Gasteiger partial charge in [0, 0.05) is 0 Å². The van der Waals surface area contributed by atoms with Gasteiger partial charge in [0.1, 0.15) is 3.81 Å². The van der Waals surface area contributed by atoms with Crippen LogP contribution in [0, 0.1) is 5.92 Å². The van der Waals surface area contributed by atoms with Crippen LogP contribution in [0.5, 0.6) is 0 Å². The summed E-state index contributed by atoms with van der Waals surface area (Å²) in [6, 6.07) is 0. The highest BCUT2D eigenvalue weighted by atomic mass is 79.9. The van der Waals surface area contributed by atoms with Crippen molar-refractivity contribution < 1.29 is 8.42 Å². The smallest absolute Gasteiger partial charge is 0.188 e. The second kappa shape index (κ2) is 3.50. The van der Waals surface area contributed by atoms with Crippen LogP contribution in [-0.4, -0.2) is 13.7 Å². The summed E-state index contributed by atoms with van der Waals surface area (Å²) < 4.78 is 23.5. The van der Waals surface area contributed by atoms with Gasteiger partial charge in [0.15, 0.2) is 9.84 Å². The molecule has 0 aromatic heterocycles. The predicted octanol–water partition coefficient (Wildman–Crippen LogP) is 2.46. The number of hydrogen-bond donors (Lipinski definition) is 0. The lowest BCUT2D eigenvalue weighted by atomic mass is 10.0. The van der Waals surface area contributed by atoms with Crippen molar-refractivity contribution in [2.24, 2.45) is 5.92 Å². The van der Waals surface area contributed by atoms with Crippen molar-refractivity contribution in [2.75, 3.05) is 0 Å². The maximum atomic E-state index is 11.6. The van der Waals surface area contributed by atoms with Gasteiger partial charge in [-0.3, -0.25) is 0 Å². The van der Waals surface area contributed by atoms with Crippen LogP contribution in [0.1, 0.15) is 26.7 Å². The van der Waals surface area contributed by atoms with Crippen molar-refractivity contribution >= 4 is 25.8 Å². The molecular formula is C8H13BrO2S. The molecular weight excluding hydrogens is 240 g/mol. The zero-order valence-corrected chi connectivity index (χ0v) is 9.65. The topological polar surface area (TPSA) is 34.1 Å². The molecule has 2 nitrogen and oxygen atoms in total. The van der Waals surface area contributed by atoms with Crippen molar-refractivity contribution in [1.29, 1.82) is 0 Å². The van der Waals surface area contributed by atoms with Gasteiger partial charge in [0.05, 0.1) is 5.25 Å². The van der Waals surface area contributed by atoms with Gasteiger partial charge >= 0.3 is 0 Å². The molecule has 0 amide bonds. The fourth-order valence-electron chi connectivity index (χ4n) is 1.65. The van der Waals surface area contributed by atoms with Crippen molar-refractivity contribution in [2.45, 2.75) is 31.9 Å².